The molecule has 0 amide bonds. The van der Waals surface area contributed by atoms with Gasteiger partial charge in [-0.05, 0) is 103 Å². The number of fused-ring (bicyclic) bond motifs is 9. The highest BCUT2D eigenvalue weighted by Crippen LogP contribution is 2.39. The smallest absolute Gasteiger partial charge is 0.138 e. The van der Waals surface area contributed by atoms with Crippen LogP contribution in [0.5, 0.6) is 0 Å². The Bertz CT molecular complexity index is 2790. The SMILES string of the molecule is c1ccc(-c2cc(-c3ccc4c5ccccc5c5ccccc5c4c3)cc(-c3cccc(-n4c5ccccc5c5ccccc54)n3)c2)cc1. The Labute approximate surface area is 284 Å². The minimum absolute atomic E-state index is 0.908. The summed E-state index contributed by atoms with van der Waals surface area (Å²) < 4.78 is 2.29. The molecule has 2 nitrogen and oxygen atoms in total. The van der Waals surface area contributed by atoms with Crippen molar-refractivity contribution in [2.45, 2.75) is 0 Å². The van der Waals surface area contributed by atoms with Crippen LogP contribution in [0, 0.1) is 0 Å². The van der Waals surface area contributed by atoms with Crippen LogP contribution < -0.4 is 0 Å². The van der Waals surface area contributed by atoms with E-state index >= 15 is 0 Å². The molecular formula is C47H30N2. The van der Waals surface area contributed by atoms with E-state index in [9.17, 15) is 0 Å². The molecule has 0 N–H and O–H groups in total. The zero-order chi connectivity index (χ0) is 32.3. The molecule has 0 fully saturated rings. The van der Waals surface area contributed by atoms with Crippen molar-refractivity contribution in [2.24, 2.45) is 0 Å². The first-order valence-corrected chi connectivity index (χ1v) is 16.8. The second kappa shape index (κ2) is 11.0. The maximum Gasteiger partial charge on any atom is 0.138 e. The van der Waals surface area contributed by atoms with Gasteiger partial charge in [-0.15, -0.1) is 0 Å². The fraction of sp³-hybridized carbons (Fsp3) is 0. The van der Waals surface area contributed by atoms with E-state index in [0.717, 1.165) is 28.1 Å². The standard InChI is InChI=1S/C47H30N2/c1-2-13-31(14-3-1)33-27-34(32-25-26-40-38-17-5-4-15-36(38)37-16-6-7-18-39(37)43(40)30-32)29-35(28-33)44-21-12-24-47(48-44)49-45-22-10-8-19-41(45)42-20-9-11-23-46(42)49/h1-30H. The first-order valence-electron chi connectivity index (χ1n) is 16.8. The van der Waals surface area contributed by atoms with Crippen molar-refractivity contribution in [1.29, 1.82) is 0 Å². The van der Waals surface area contributed by atoms with Crippen LogP contribution >= 0.6 is 0 Å². The van der Waals surface area contributed by atoms with Crippen molar-refractivity contribution >= 4 is 54.1 Å². The number of benzene rings is 8. The fourth-order valence-electron chi connectivity index (χ4n) is 7.70. The van der Waals surface area contributed by atoms with Gasteiger partial charge in [0.1, 0.15) is 5.82 Å². The van der Waals surface area contributed by atoms with Crippen molar-refractivity contribution in [3.63, 3.8) is 0 Å². The van der Waals surface area contributed by atoms with Crippen LogP contribution in [0.15, 0.2) is 182 Å². The quantitative estimate of drug-likeness (QED) is 0.179. The van der Waals surface area contributed by atoms with Crippen molar-refractivity contribution < 1.29 is 0 Å². The molecule has 0 aliphatic heterocycles. The summed E-state index contributed by atoms with van der Waals surface area (Å²) in [6.07, 6.45) is 0. The molecule has 0 bridgehead atoms. The molecule has 0 unspecified atom stereocenters. The van der Waals surface area contributed by atoms with Crippen LogP contribution in [0.25, 0.3) is 93.5 Å². The lowest BCUT2D eigenvalue weighted by molar-refractivity contribution is 1.08. The molecule has 228 valence electrons. The summed E-state index contributed by atoms with van der Waals surface area (Å²) in [7, 11) is 0. The molecule has 2 heteroatoms. The third-order valence-corrected chi connectivity index (χ3v) is 9.96. The highest BCUT2D eigenvalue weighted by atomic mass is 15.1. The van der Waals surface area contributed by atoms with Gasteiger partial charge in [0.25, 0.3) is 0 Å². The normalized spacial score (nSPS) is 11.7. The van der Waals surface area contributed by atoms with Crippen molar-refractivity contribution in [3.05, 3.63) is 182 Å². The topological polar surface area (TPSA) is 17.8 Å². The number of nitrogens with zero attached hydrogens (tertiary/aromatic N) is 2. The predicted molar refractivity (Wildman–Crippen MR) is 207 cm³/mol. The Morgan fingerprint density at radius 2 is 0.776 bits per heavy atom. The molecule has 0 spiro atoms. The number of aromatic nitrogens is 2. The minimum atomic E-state index is 0.908. The van der Waals surface area contributed by atoms with E-state index in [1.165, 1.54) is 65.3 Å². The fourth-order valence-corrected chi connectivity index (χ4v) is 7.70. The Morgan fingerprint density at radius 3 is 1.41 bits per heavy atom. The monoisotopic (exact) mass is 622 g/mol. The molecule has 2 aromatic heterocycles. The van der Waals surface area contributed by atoms with Gasteiger partial charge >= 0.3 is 0 Å². The molecule has 8 aromatic carbocycles. The van der Waals surface area contributed by atoms with E-state index in [4.69, 9.17) is 4.98 Å². The van der Waals surface area contributed by atoms with Crippen molar-refractivity contribution in [2.75, 3.05) is 0 Å². The lowest BCUT2D eigenvalue weighted by atomic mass is 9.90. The molecule has 10 aromatic rings. The zero-order valence-corrected chi connectivity index (χ0v) is 26.7. The summed E-state index contributed by atoms with van der Waals surface area (Å²) in [6, 6.07) is 65.6. The molecule has 0 aliphatic rings. The van der Waals surface area contributed by atoms with Gasteiger partial charge in [-0.25, -0.2) is 4.98 Å². The number of para-hydroxylation sites is 2. The number of rotatable bonds is 4. The van der Waals surface area contributed by atoms with Crippen LogP contribution in [0.2, 0.25) is 0 Å². The highest BCUT2D eigenvalue weighted by molar-refractivity contribution is 6.25. The van der Waals surface area contributed by atoms with Crippen LogP contribution in [0.1, 0.15) is 0 Å². The van der Waals surface area contributed by atoms with E-state index in [0.29, 0.717) is 0 Å². The third kappa shape index (κ3) is 4.46. The summed E-state index contributed by atoms with van der Waals surface area (Å²) in [5, 5.41) is 10.1. The second-order valence-corrected chi connectivity index (χ2v) is 12.8. The van der Waals surface area contributed by atoms with E-state index < -0.39 is 0 Å². The lowest BCUT2D eigenvalue weighted by Crippen LogP contribution is -1.98. The van der Waals surface area contributed by atoms with Gasteiger partial charge in [0.05, 0.1) is 16.7 Å². The summed E-state index contributed by atoms with van der Waals surface area (Å²) >= 11 is 0. The van der Waals surface area contributed by atoms with Crippen LogP contribution in [0.3, 0.4) is 0 Å². The van der Waals surface area contributed by atoms with Gasteiger partial charge in [-0.1, -0.05) is 133 Å². The summed E-state index contributed by atoms with van der Waals surface area (Å²) in [6.45, 7) is 0. The number of pyridine rings is 1. The van der Waals surface area contributed by atoms with E-state index in [-0.39, 0.29) is 0 Å². The predicted octanol–water partition coefficient (Wildman–Crippen LogP) is 12.6. The second-order valence-electron chi connectivity index (χ2n) is 12.8. The molecule has 0 saturated carbocycles. The van der Waals surface area contributed by atoms with Gasteiger partial charge in [-0.2, -0.15) is 0 Å². The molecule has 0 atom stereocenters. The maximum atomic E-state index is 5.34. The third-order valence-electron chi connectivity index (χ3n) is 9.96. The average molecular weight is 623 g/mol. The molecule has 49 heavy (non-hydrogen) atoms. The van der Waals surface area contributed by atoms with Gasteiger partial charge in [0, 0.05) is 16.3 Å². The van der Waals surface area contributed by atoms with Crippen LogP contribution in [0.4, 0.5) is 0 Å². The number of hydrogen-bond donors (Lipinski definition) is 0. The van der Waals surface area contributed by atoms with Crippen LogP contribution in [-0.2, 0) is 0 Å². The maximum absolute atomic E-state index is 5.34. The Hall–Kier alpha value is -6.51. The molecule has 0 saturated heterocycles. The first-order chi connectivity index (χ1) is 24.3. The van der Waals surface area contributed by atoms with Gasteiger partial charge in [0.2, 0.25) is 0 Å². The van der Waals surface area contributed by atoms with Gasteiger partial charge in [0.15, 0.2) is 0 Å². The first kappa shape index (κ1) is 27.6. The molecular weight excluding hydrogens is 593 g/mol. The average Bonchev–Trinajstić information content (AvgIpc) is 3.52. The highest BCUT2D eigenvalue weighted by Gasteiger charge is 2.15. The lowest BCUT2D eigenvalue weighted by Gasteiger charge is -2.14. The van der Waals surface area contributed by atoms with E-state index in [1.54, 1.807) is 0 Å². The summed E-state index contributed by atoms with van der Waals surface area (Å²) in [5.41, 5.74) is 9.04. The Morgan fingerprint density at radius 1 is 0.286 bits per heavy atom. The zero-order valence-electron chi connectivity index (χ0n) is 26.7. The van der Waals surface area contributed by atoms with Crippen LogP contribution in [-0.4, -0.2) is 9.55 Å². The summed E-state index contributed by atoms with van der Waals surface area (Å²) in [5.74, 6) is 0.908. The van der Waals surface area contributed by atoms with Crippen molar-refractivity contribution in [3.8, 4) is 39.3 Å². The summed E-state index contributed by atoms with van der Waals surface area (Å²) in [4.78, 5) is 5.34. The minimum Gasteiger partial charge on any atom is -0.294 e. The van der Waals surface area contributed by atoms with E-state index in [2.05, 4.69) is 187 Å². The molecule has 10 rings (SSSR count). The Balaban J connectivity index is 1.19. The molecule has 2 heterocycles. The van der Waals surface area contributed by atoms with Gasteiger partial charge in [-0.3, -0.25) is 4.57 Å². The van der Waals surface area contributed by atoms with Gasteiger partial charge < -0.3 is 0 Å². The van der Waals surface area contributed by atoms with E-state index in [1.807, 2.05) is 0 Å². The number of hydrogen-bond acceptors (Lipinski definition) is 1. The molecule has 0 radical (unpaired) electrons. The Kier molecular flexibility index (Phi) is 6.22. The largest absolute Gasteiger partial charge is 0.294 e. The molecule has 0 aliphatic carbocycles. The van der Waals surface area contributed by atoms with Crippen molar-refractivity contribution in [1.82, 2.24) is 9.55 Å².